The summed E-state index contributed by atoms with van der Waals surface area (Å²) in [5, 5.41) is 2.87. The van der Waals surface area contributed by atoms with Crippen LogP contribution in [0.25, 0.3) is 0 Å². The average Bonchev–Trinajstić information content (AvgIpc) is 3.24. The van der Waals surface area contributed by atoms with Crippen LogP contribution in [0, 0.1) is 5.92 Å². The molecule has 0 spiro atoms. The maximum Gasteiger partial charge on any atom is 0.416 e. The van der Waals surface area contributed by atoms with Crippen LogP contribution >= 0.6 is 0 Å². The molecule has 1 aliphatic heterocycles. The molecule has 1 aliphatic rings. The summed E-state index contributed by atoms with van der Waals surface area (Å²) in [7, 11) is 1.53. The minimum Gasteiger partial charge on any atom is -0.497 e. The van der Waals surface area contributed by atoms with E-state index in [4.69, 9.17) is 4.74 Å². The lowest BCUT2D eigenvalue weighted by atomic mass is 9.87. The Morgan fingerprint density at radius 3 is 2.47 bits per heavy atom. The van der Waals surface area contributed by atoms with Crippen LogP contribution in [0.5, 0.6) is 5.75 Å². The number of nitrogens with one attached hydrogen (secondary N) is 1. The molecule has 1 heterocycles. The third kappa shape index (κ3) is 5.41. The van der Waals surface area contributed by atoms with Gasteiger partial charge in [-0.3, -0.25) is 9.59 Å². The first-order chi connectivity index (χ1) is 15.2. The van der Waals surface area contributed by atoms with E-state index in [9.17, 15) is 22.8 Å². The maximum absolute atomic E-state index is 13.3. The van der Waals surface area contributed by atoms with Crippen molar-refractivity contribution in [1.29, 1.82) is 0 Å². The van der Waals surface area contributed by atoms with Crippen LogP contribution in [0.1, 0.15) is 47.2 Å². The SMILES string of the molecule is CCCCNC(=O)[C@@H]1CN(C(=O)c2ccc(OC)cc2)C[C@H]1c1cccc(C(F)(F)F)c1. The number of carbonyl (C=O) groups is 2. The van der Waals surface area contributed by atoms with E-state index in [1.165, 1.54) is 18.1 Å². The Bertz CT molecular complexity index is 944. The van der Waals surface area contributed by atoms with Crippen LogP contribution in [-0.2, 0) is 11.0 Å². The number of hydrogen-bond acceptors (Lipinski definition) is 3. The number of carbonyl (C=O) groups excluding carboxylic acids is 2. The smallest absolute Gasteiger partial charge is 0.416 e. The van der Waals surface area contributed by atoms with Crippen LogP contribution in [0.15, 0.2) is 48.5 Å². The van der Waals surface area contributed by atoms with Crippen molar-refractivity contribution in [1.82, 2.24) is 10.2 Å². The van der Waals surface area contributed by atoms with Crippen molar-refractivity contribution in [3.05, 3.63) is 65.2 Å². The fourth-order valence-corrected chi connectivity index (χ4v) is 3.95. The van der Waals surface area contributed by atoms with Gasteiger partial charge in [-0.25, -0.2) is 0 Å². The normalized spacial score (nSPS) is 18.5. The molecule has 0 bridgehead atoms. The topological polar surface area (TPSA) is 58.6 Å². The summed E-state index contributed by atoms with van der Waals surface area (Å²) >= 11 is 0. The minimum absolute atomic E-state index is 0.143. The van der Waals surface area contributed by atoms with Gasteiger partial charge in [-0.15, -0.1) is 0 Å². The fraction of sp³-hybridized carbons (Fsp3) is 0.417. The lowest BCUT2D eigenvalue weighted by Crippen LogP contribution is -2.36. The number of ether oxygens (including phenoxy) is 1. The summed E-state index contributed by atoms with van der Waals surface area (Å²) < 4.78 is 44.9. The van der Waals surface area contributed by atoms with Gasteiger partial charge < -0.3 is 15.0 Å². The molecule has 0 aliphatic carbocycles. The molecule has 0 aromatic heterocycles. The highest BCUT2D eigenvalue weighted by Gasteiger charge is 2.41. The molecule has 0 radical (unpaired) electrons. The van der Waals surface area contributed by atoms with Crippen LogP contribution in [0.4, 0.5) is 13.2 Å². The zero-order valence-electron chi connectivity index (χ0n) is 18.1. The summed E-state index contributed by atoms with van der Waals surface area (Å²) in [5.41, 5.74) is 0.0706. The summed E-state index contributed by atoms with van der Waals surface area (Å²) in [6.07, 6.45) is -2.77. The fourth-order valence-electron chi connectivity index (χ4n) is 3.95. The first-order valence-corrected chi connectivity index (χ1v) is 10.6. The molecule has 3 rings (SSSR count). The van der Waals surface area contributed by atoms with Crippen molar-refractivity contribution < 1.29 is 27.5 Å². The van der Waals surface area contributed by atoms with E-state index in [0.717, 1.165) is 25.0 Å². The highest BCUT2D eigenvalue weighted by molar-refractivity contribution is 5.95. The standard InChI is InChI=1S/C24H27F3N2O3/c1-3-4-12-28-22(30)21-15-29(23(31)16-8-10-19(32-2)11-9-16)14-20(21)17-6-5-7-18(13-17)24(25,26)27/h5-11,13,20-21H,3-4,12,14-15H2,1-2H3,(H,28,30)/t20-,21+/m0/s1. The monoisotopic (exact) mass is 448 g/mol. The minimum atomic E-state index is -4.48. The Morgan fingerprint density at radius 2 is 1.84 bits per heavy atom. The summed E-state index contributed by atoms with van der Waals surface area (Å²) in [6, 6.07) is 11.6. The number of rotatable bonds is 7. The molecule has 172 valence electrons. The number of methoxy groups -OCH3 is 1. The molecule has 1 fully saturated rings. The third-order valence-electron chi connectivity index (χ3n) is 5.75. The second kappa shape index (κ2) is 10.1. The quantitative estimate of drug-likeness (QED) is 0.635. The van der Waals surface area contributed by atoms with Gasteiger partial charge in [0, 0.05) is 31.1 Å². The van der Waals surface area contributed by atoms with E-state index in [2.05, 4.69) is 5.32 Å². The summed E-state index contributed by atoms with van der Waals surface area (Å²) in [4.78, 5) is 27.5. The summed E-state index contributed by atoms with van der Waals surface area (Å²) in [6.45, 7) is 2.80. The molecule has 2 atom stereocenters. The number of unbranched alkanes of at least 4 members (excludes halogenated alkanes) is 1. The van der Waals surface area contributed by atoms with E-state index in [1.807, 2.05) is 6.92 Å². The van der Waals surface area contributed by atoms with Gasteiger partial charge in [-0.1, -0.05) is 31.5 Å². The van der Waals surface area contributed by atoms with Crippen molar-refractivity contribution in [2.24, 2.45) is 5.92 Å². The first-order valence-electron chi connectivity index (χ1n) is 10.6. The van der Waals surface area contributed by atoms with Crippen molar-refractivity contribution in [3.63, 3.8) is 0 Å². The Labute approximate surface area is 185 Å². The number of likely N-dealkylation sites (tertiary alicyclic amines) is 1. The van der Waals surface area contributed by atoms with Crippen LogP contribution in [0.2, 0.25) is 0 Å². The van der Waals surface area contributed by atoms with Gasteiger partial charge >= 0.3 is 6.18 Å². The maximum atomic E-state index is 13.3. The number of halogens is 3. The van der Waals surface area contributed by atoms with Crippen molar-refractivity contribution >= 4 is 11.8 Å². The average molecular weight is 448 g/mol. The first kappa shape index (κ1) is 23.6. The van der Waals surface area contributed by atoms with Crippen molar-refractivity contribution in [3.8, 4) is 5.75 Å². The van der Waals surface area contributed by atoms with Gasteiger partial charge in [-0.2, -0.15) is 13.2 Å². The number of amides is 2. The van der Waals surface area contributed by atoms with Gasteiger partial charge in [0.2, 0.25) is 5.91 Å². The molecule has 2 aromatic rings. The van der Waals surface area contributed by atoms with E-state index in [0.29, 0.717) is 23.4 Å². The lowest BCUT2D eigenvalue weighted by Gasteiger charge is -2.19. The number of alkyl halides is 3. The van der Waals surface area contributed by atoms with Gasteiger partial charge in [0.05, 0.1) is 18.6 Å². The van der Waals surface area contributed by atoms with Gasteiger partial charge in [-0.05, 0) is 42.3 Å². The van der Waals surface area contributed by atoms with Crippen molar-refractivity contribution in [2.45, 2.75) is 31.9 Å². The molecule has 0 saturated carbocycles. The Balaban J connectivity index is 1.87. The molecule has 0 unspecified atom stereocenters. The molecule has 5 nitrogen and oxygen atoms in total. The lowest BCUT2D eigenvalue weighted by molar-refractivity contribution is -0.137. The number of benzene rings is 2. The van der Waals surface area contributed by atoms with E-state index < -0.39 is 23.6 Å². The zero-order valence-corrected chi connectivity index (χ0v) is 18.1. The third-order valence-corrected chi connectivity index (χ3v) is 5.75. The van der Waals surface area contributed by atoms with E-state index >= 15 is 0 Å². The molecule has 2 aromatic carbocycles. The van der Waals surface area contributed by atoms with E-state index in [-0.39, 0.29) is 24.9 Å². The highest BCUT2D eigenvalue weighted by Crippen LogP contribution is 2.37. The van der Waals surface area contributed by atoms with Gasteiger partial charge in [0.25, 0.3) is 5.91 Å². The molecular formula is C24H27F3N2O3. The Morgan fingerprint density at radius 1 is 1.12 bits per heavy atom. The molecule has 32 heavy (non-hydrogen) atoms. The molecule has 8 heteroatoms. The number of nitrogens with zero attached hydrogens (tertiary/aromatic N) is 1. The predicted octanol–water partition coefficient (Wildman–Crippen LogP) is 4.49. The van der Waals surface area contributed by atoms with Gasteiger partial charge in [0.1, 0.15) is 5.75 Å². The Hall–Kier alpha value is -3.03. The Kier molecular flexibility index (Phi) is 7.43. The molecular weight excluding hydrogens is 421 g/mol. The predicted molar refractivity (Wildman–Crippen MR) is 114 cm³/mol. The van der Waals surface area contributed by atoms with Gasteiger partial charge in [0.15, 0.2) is 0 Å². The molecule has 2 amide bonds. The van der Waals surface area contributed by atoms with Crippen LogP contribution in [0.3, 0.4) is 0 Å². The summed E-state index contributed by atoms with van der Waals surface area (Å²) in [5.74, 6) is -1.06. The molecule has 1 saturated heterocycles. The van der Waals surface area contributed by atoms with E-state index in [1.54, 1.807) is 30.3 Å². The van der Waals surface area contributed by atoms with Crippen LogP contribution in [-0.4, -0.2) is 43.5 Å². The highest BCUT2D eigenvalue weighted by atomic mass is 19.4. The van der Waals surface area contributed by atoms with Crippen LogP contribution < -0.4 is 10.1 Å². The number of hydrogen-bond donors (Lipinski definition) is 1. The largest absolute Gasteiger partial charge is 0.497 e. The molecule has 1 N–H and O–H groups in total. The second-order valence-electron chi connectivity index (χ2n) is 7.92. The zero-order chi connectivity index (χ0) is 23.3. The van der Waals surface area contributed by atoms with Crippen molar-refractivity contribution in [2.75, 3.05) is 26.7 Å². The second-order valence-corrected chi connectivity index (χ2v) is 7.92.